The van der Waals surface area contributed by atoms with Crippen LogP contribution in [0.3, 0.4) is 0 Å². The first-order valence-corrected chi connectivity index (χ1v) is 8.77. The Balaban J connectivity index is 1.92. The van der Waals surface area contributed by atoms with Gasteiger partial charge >= 0.3 is 5.97 Å². The number of hydrogen-bond donors (Lipinski definition) is 2. The normalized spacial score (nSPS) is 10.9. The van der Waals surface area contributed by atoms with Crippen molar-refractivity contribution in [3.8, 4) is 0 Å². The number of methoxy groups -OCH3 is 1. The molecule has 0 unspecified atom stereocenters. The molecule has 2 aromatic rings. The standard InChI is InChI=1S/C21H23FN2O4/c1-21(2,19(26)23-13-12-14-6-4-5-7-17(14)22)20(27)24-16-10-8-15(9-11-16)18(25)28-3/h4-11H,12-13H2,1-3H3,(H,23,26)(H,24,27). The maximum Gasteiger partial charge on any atom is 0.337 e. The summed E-state index contributed by atoms with van der Waals surface area (Å²) in [6.07, 6.45) is 0.325. The van der Waals surface area contributed by atoms with Gasteiger partial charge in [0.25, 0.3) is 0 Å². The fourth-order valence-electron chi connectivity index (χ4n) is 2.43. The lowest BCUT2D eigenvalue weighted by molar-refractivity contribution is -0.138. The zero-order valence-electron chi connectivity index (χ0n) is 16.0. The van der Waals surface area contributed by atoms with Crippen LogP contribution < -0.4 is 10.6 Å². The number of carbonyl (C=O) groups is 3. The van der Waals surface area contributed by atoms with E-state index < -0.39 is 23.2 Å². The maximum atomic E-state index is 13.6. The summed E-state index contributed by atoms with van der Waals surface area (Å²) in [5, 5.41) is 5.32. The molecule has 0 bridgehead atoms. The van der Waals surface area contributed by atoms with Crippen LogP contribution in [0.15, 0.2) is 48.5 Å². The van der Waals surface area contributed by atoms with Crippen LogP contribution in [0, 0.1) is 11.2 Å². The van der Waals surface area contributed by atoms with Crippen molar-refractivity contribution in [3.05, 3.63) is 65.5 Å². The number of hydrogen-bond acceptors (Lipinski definition) is 4. The highest BCUT2D eigenvalue weighted by Gasteiger charge is 2.35. The van der Waals surface area contributed by atoms with Gasteiger partial charge in [0.1, 0.15) is 11.2 Å². The fourth-order valence-corrected chi connectivity index (χ4v) is 2.43. The topological polar surface area (TPSA) is 84.5 Å². The second-order valence-electron chi connectivity index (χ2n) is 6.75. The molecule has 7 heteroatoms. The molecule has 0 aliphatic heterocycles. The molecule has 0 radical (unpaired) electrons. The summed E-state index contributed by atoms with van der Waals surface area (Å²) in [6, 6.07) is 12.5. The largest absolute Gasteiger partial charge is 0.465 e. The molecule has 28 heavy (non-hydrogen) atoms. The van der Waals surface area contributed by atoms with E-state index in [-0.39, 0.29) is 12.4 Å². The molecular weight excluding hydrogens is 363 g/mol. The van der Waals surface area contributed by atoms with E-state index in [1.165, 1.54) is 39.2 Å². The van der Waals surface area contributed by atoms with Crippen molar-refractivity contribution in [1.29, 1.82) is 0 Å². The van der Waals surface area contributed by atoms with Crippen molar-refractivity contribution in [1.82, 2.24) is 5.32 Å². The first-order chi connectivity index (χ1) is 13.3. The molecule has 0 aliphatic carbocycles. The lowest BCUT2D eigenvalue weighted by Gasteiger charge is -2.23. The van der Waals surface area contributed by atoms with Gasteiger partial charge in [0.05, 0.1) is 12.7 Å². The minimum absolute atomic E-state index is 0.213. The van der Waals surface area contributed by atoms with Crippen LogP contribution in [0.1, 0.15) is 29.8 Å². The lowest BCUT2D eigenvalue weighted by Crippen LogP contribution is -2.45. The monoisotopic (exact) mass is 386 g/mol. The van der Waals surface area contributed by atoms with Gasteiger partial charge in [0.2, 0.25) is 11.8 Å². The molecule has 6 nitrogen and oxygen atoms in total. The predicted molar refractivity (Wildman–Crippen MR) is 103 cm³/mol. The second-order valence-corrected chi connectivity index (χ2v) is 6.75. The summed E-state index contributed by atoms with van der Waals surface area (Å²) in [5.41, 5.74) is -0.0396. The summed E-state index contributed by atoms with van der Waals surface area (Å²) in [6.45, 7) is 3.22. The van der Waals surface area contributed by atoms with Crippen molar-refractivity contribution in [3.63, 3.8) is 0 Å². The van der Waals surface area contributed by atoms with Gasteiger partial charge in [0.15, 0.2) is 0 Å². The molecule has 0 saturated carbocycles. The van der Waals surface area contributed by atoms with Gasteiger partial charge < -0.3 is 15.4 Å². The SMILES string of the molecule is COC(=O)c1ccc(NC(=O)C(C)(C)C(=O)NCCc2ccccc2F)cc1. The lowest BCUT2D eigenvalue weighted by atomic mass is 9.90. The summed E-state index contributed by atoms with van der Waals surface area (Å²) >= 11 is 0. The number of carbonyl (C=O) groups excluding carboxylic acids is 3. The number of anilines is 1. The van der Waals surface area contributed by atoms with Gasteiger partial charge in [-0.3, -0.25) is 9.59 Å². The van der Waals surface area contributed by atoms with Gasteiger partial charge in [-0.1, -0.05) is 18.2 Å². The number of amides is 2. The zero-order valence-corrected chi connectivity index (χ0v) is 16.0. The third kappa shape index (κ3) is 5.16. The molecule has 0 aromatic heterocycles. The van der Waals surface area contributed by atoms with E-state index in [2.05, 4.69) is 15.4 Å². The molecule has 0 fully saturated rings. The first kappa shape index (κ1) is 21.1. The highest BCUT2D eigenvalue weighted by atomic mass is 19.1. The number of rotatable bonds is 7. The molecular formula is C21H23FN2O4. The van der Waals surface area contributed by atoms with E-state index >= 15 is 0 Å². The van der Waals surface area contributed by atoms with Crippen molar-refractivity contribution >= 4 is 23.5 Å². The molecule has 0 saturated heterocycles. The Morgan fingerprint density at radius 2 is 1.64 bits per heavy atom. The first-order valence-electron chi connectivity index (χ1n) is 8.77. The van der Waals surface area contributed by atoms with Crippen molar-refractivity contribution in [2.24, 2.45) is 5.41 Å². The van der Waals surface area contributed by atoms with Crippen LogP contribution in [0.5, 0.6) is 0 Å². The van der Waals surface area contributed by atoms with E-state index in [1.54, 1.807) is 30.3 Å². The van der Waals surface area contributed by atoms with E-state index in [1.807, 2.05) is 0 Å². The molecule has 2 aromatic carbocycles. The molecule has 2 N–H and O–H groups in total. The average Bonchev–Trinajstić information content (AvgIpc) is 2.69. The Kier molecular flexibility index (Phi) is 6.87. The Morgan fingerprint density at radius 3 is 2.25 bits per heavy atom. The third-order valence-electron chi connectivity index (χ3n) is 4.34. The summed E-state index contributed by atoms with van der Waals surface area (Å²) in [7, 11) is 1.28. The minimum Gasteiger partial charge on any atom is -0.465 e. The number of nitrogens with one attached hydrogen (secondary N) is 2. The van der Waals surface area contributed by atoms with E-state index in [4.69, 9.17) is 0 Å². The Labute approximate surface area is 163 Å². The van der Waals surface area contributed by atoms with E-state index in [9.17, 15) is 18.8 Å². The third-order valence-corrected chi connectivity index (χ3v) is 4.34. The van der Waals surface area contributed by atoms with Crippen LogP contribution in [-0.2, 0) is 20.7 Å². The van der Waals surface area contributed by atoms with Crippen LogP contribution in [-0.4, -0.2) is 31.4 Å². The van der Waals surface area contributed by atoms with Gasteiger partial charge in [-0.25, -0.2) is 9.18 Å². The molecule has 0 heterocycles. The van der Waals surface area contributed by atoms with Gasteiger partial charge in [-0.2, -0.15) is 0 Å². The van der Waals surface area contributed by atoms with Crippen molar-refractivity contribution in [2.45, 2.75) is 20.3 Å². The number of ether oxygens (including phenoxy) is 1. The molecule has 148 valence electrons. The average molecular weight is 386 g/mol. The summed E-state index contributed by atoms with van der Waals surface area (Å²) in [4.78, 5) is 36.4. The fraction of sp³-hybridized carbons (Fsp3) is 0.286. The van der Waals surface area contributed by atoms with Gasteiger partial charge in [-0.05, 0) is 56.2 Å². The molecule has 0 atom stereocenters. The summed E-state index contributed by atoms with van der Waals surface area (Å²) in [5.74, 6) is -1.77. The molecule has 0 aliphatic rings. The predicted octanol–water partition coefficient (Wildman–Crippen LogP) is 2.94. The van der Waals surface area contributed by atoms with E-state index in [0.717, 1.165) is 0 Å². The highest BCUT2D eigenvalue weighted by molar-refractivity contribution is 6.09. The molecule has 0 spiro atoms. The Bertz CT molecular complexity index is 863. The Morgan fingerprint density at radius 1 is 1.00 bits per heavy atom. The van der Waals surface area contributed by atoms with Crippen LogP contribution in [0.4, 0.5) is 10.1 Å². The van der Waals surface area contributed by atoms with Crippen molar-refractivity contribution in [2.75, 3.05) is 19.0 Å². The number of halogens is 1. The minimum atomic E-state index is -1.34. The number of benzene rings is 2. The zero-order chi connectivity index (χ0) is 20.7. The highest BCUT2D eigenvalue weighted by Crippen LogP contribution is 2.20. The van der Waals surface area contributed by atoms with Gasteiger partial charge in [0, 0.05) is 12.2 Å². The quantitative estimate of drug-likeness (QED) is 0.566. The van der Waals surface area contributed by atoms with Gasteiger partial charge in [-0.15, -0.1) is 0 Å². The van der Waals surface area contributed by atoms with E-state index in [0.29, 0.717) is 23.2 Å². The summed E-state index contributed by atoms with van der Waals surface area (Å²) < 4.78 is 18.2. The maximum absolute atomic E-state index is 13.6. The van der Waals surface area contributed by atoms with Crippen LogP contribution >= 0.6 is 0 Å². The number of esters is 1. The van der Waals surface area contributed by atoms with Crippen LogP contribution in [0.25, 0.3) is 0 Å². The van der Waals surface area contributed by atoms with Crippen molar-refractivity contribution < 1.29 is 23.5 Å². The molecule has 2 rings (SSSR count). The van der Waals surface area contributed by atoms with Crippen LogP contribution in [0.2, 0.25) is 0 Å². The smallest absolute Gasteiger partial charge is 0.337 e. The molecule has 2 amide bonds. The second kappa shape index (κ2) is 9.12. The Hall–Kier alpha value is -3.22.